The maximum atomic E-state index is 13.9. The van der Waals surface area contributed by atoms with Gasteiger partial charge in [-0.1, -0.05) is 13.3 Å². The van der Waals surface area contributed by atoms with E-state index in [1.54, 1.807) is 6.92 Å². The molecule has 1 atom stereocenters. The SMILES string of the molecule is CCCCn1c(N(c2cc(C(F)(F)F)cc(C(F)(F)F)c2Br)C(OCC)C(=O)OCC)nc(C(F)(F)F)cc1=O. The molecule has 0 aliphatic heterocycles. The quantitative estimate of drug-likeness (QED) is 0.157. The zero-order chi connectivity index (χ0) is 30.6. The van der Waals surface area contributed by atoms with Crippen molar-refractivity contribution in [3.05, 3.63) is 49.8 Å². The Morgan fingerprint density at radius 2 is 1.60 bits per heavy atom. The van der Waals surface area contributed by atoms with Crippen molar-refractivity contribution < 1.29 is 53.8 Å². The van der Waals surface area contributed by atoms with Crippen LogP contribution in [0, 0.1) is 0 Å². The van der Waals surface area contributed by atoms with Crippen LogP contribution >= 0.6 is 15.9 Å². The lowest BCUT2D eigenvalue weighted by molar-refractivity contribution is -0.155. The monoisotopic (exact) mass is 655 g/mol. The summed E-state index contributed by atoms with van der Waals surface area (Å²) < 4.78 is 134. The summed E-state index contributed by atoms with van der Waals surface area (Å²) in [6.07, 6.45) is -17.7. The molecule has 0 N–H and O–H groups in total. The smallest absolute Gasteiger partial charge is 0.433 e. The minimum atomic E-state index is -5.39. The molecule has 2 rings (SSSR count). The molecular formula is C23H23BrF9N3O4. The van der Waals surface area contributed by atoms with Gasteiger partial charge in [-0.15, -0.1) is 0 Å². The van der Waals surface area contributed by atoms with E-state index in [1.807, 2.05) is 0 Å². The summed E-state index contributed by atoms with van der Waals surface area (Å²) in [4.78, 5) is 29.4. The van der Waals surface area contributed by atoms with Crippen LogP contribution in [-0.4, -0.2) is 35.0 Å². The van der Waals surface area contributed by atoms with Crippen molar-refractivity contribution in [1.82, 2.24) is 9.55 Å². The highest BCUT2D eigenvalue weighted by Crippen LogP contribution is 2.46. The molecule has 0 aliphatic rings. The molecule has 1 heterocycles. The van der Waals surface area contributed by atoms with Gasteiger partial charge in [0.05, 0.1) is 27.9 Å². The van der Waals surface area contributed by atoms with E-state index < -0.39 is 75.8 Å². The summed E-state index contributed by atoms with van der Waals surface area (Å²) in [7, 11) is 0. The van der Waals surface area contributed by atoms with E-state index in [0.29, 0.717) is 11.0 Å². The molecule has 40 heavy (non-hydrogen) atoms. The van der Waals surface area contributed by atoms with Crippen LogP contribution in [0.4, 0.5) is 51.1 Å². The number of esters is 1. The average Bonchev–Trinajstić information content (AvgIpc) is 2.81. The highest BCUT2D eigenvalue weighted by molar-refractivity contribution is 9.10. The van der Waals surface area contributed by atoms with E-state index in [0.717, 1.165) is 0 Å². The Morgan fingerprint density at radius 1 is 0.975 bits per heavy atom. The third-order valence-electron chi connectivity index (χ3n) is 5.22. The van der Waals surface area contributed by atoms with Gasteiger partial charge in [-0.25, -0.2) is 9.78 Å². The maximum absolute atomic E-state index is 13.9. The summed E-state index contributed by atoms with van der Waals surface area (Å²) in [5, 5.41) is 0. The van der Waals surface area contributed by atoms with Crippen LogP contribution in [0.5, 0.6) is 0 Å². The number of nitrogens with zero attached hydrogens (tertiary/aromatic N) is 3. The Hall–Kier alpha value is -2.82. The van der Waals surface area contributed by atoms with Gasteiger partial charge >= 0.3 is 24.5 Å². The van der Waals surface area contributed by atoms with Gasteiger partial charge in [0, 0.05) is 19.2 Å². The van der Waals surface area contributed by atoms with Gasteiger partial charge in [-0.05, 0) is 48.3 Å². The highest BCUT2D eigenvalue weighted by Gasteiger charge is 2.43. The normalized spacial score (nSPS) is 13.3. The molecule has 1 aromatic heterocycles. The zero-order valence-corrected chi connectivity index (χ0v) is 22.7. The van der Waals surface area contributed by atoms with E-state index in [-0.39, 0.29) is 42.7 Å². The molecule has 224 valence electrons. The summed E-state index contributed by atoms with van der Waals surface area (Å²) in [6.45, 7) is 3.19. The molecule has 0 amide bonds. The second-order valence-electron chi connectivity index (χ2n) is 8.06. The average molecular weight is 656 g/mol. The largest absolute Gasteiger partial charge is 0.463 e. The van der Waals surface area contributed by atoms with Crippen molar-refractivity contribution in [3.8, 4) is 0 Å². The second kappa shape index (κ2) is 12.8. The standard InChI is InChI=1S/C23H23BrF9N3O4/c1-4-7-8-35-16(37)11-15(23(31,32)33)34-20(35)36(18(39-5-2)19(38)40-6-3)14-10-12(21(25,26)27)9-13(17(14)24)22(28,29)30/h9-11,18H,4-8H2,1-3H3. The molecule has 0 saturated heterocycles. The van der Waals surface area contributed by atoms with Gasteiger partial charge < -0.3 is 9.47 Å². The van der Waals surface area contributed by atoms with E-state index >= 15 is 0 Å². The van der Waals surface area contributed by atoms with Gasteiger partial charge in [0.15, 0.2) is 5.69 Å². The maximum Gasteiger partial charge on any atom is 0.433 e. The number of ether oxygens (including phenoxy) is 2. The fraction of sp³-hybridized carbons (Fsp3) is 0.522. The first-order valence-electron chi connectivity index (χ1n) is 11.6. The predicted octanol–water partition coefficient (Wildman–Crippen LogP) is 6.93. The molecule has 2 aromatic rings. The number of anilines is 2. The molecule has 0 spiro atoms. The Bertz CT molecular complexity index is 1260. The van der Waals surface area contributed by atoms with Crippen LogP contribution in [0.1, 0.15) is 50.4 Å². The lowest BCUT2D eigenvalue weighted by atomic mass is 10.1. The summed E-state index contributed by atoms with van der Waals surface area (Å²) in [6, 6.07) is 0.0798. The van der Waals surface area contributed by atoms with Gasteiger partial charge in [-0.2, -0.15) is 39.5 Å². The Morgan fingerprint density at radius 3 is 2.08 bits per heavy atom. The minimum Gasteiger partial charge on any atom is -0.463 e. The molecule has 0 radical (unpaired) electrons. The fourth-order valence-electron chi connectivity index (χ4n) is 3.46. The number of unbranched alkanes of at least 4 members (excludes halogenated alkanes) is 1. The van der Waals surface area contributed by atoms with E-state index in [4.69, 9.17) is 9.47 Å². The first kappa shape index (κ1) is 33.4. The van der Waals surface area contributed by atoms with Crippen molar-refractivity contribution in [1.29, 1.82) is 0 Å². The van der Waals surface area contributed by atoms with Crippen LogP contribution in [0.2, 0.25) is 0 Å². The minimum absolute atomic E-state index is 0.125. The lowest BCUT2D eigenvalue weighted by Gasteiger charge is -2.34. The van der Waals surface area contributed by atoms with Crippen molar-refractivity contribution in [3.63, 3.8) is 0 Å². The van der Waals surface area contributed by atoms with Crippen LogP contribution in [0.25, 0.3) is 0 Å². The fourth-order valence-corrected chi connectivity index (χ4v) is 4.11. The van der Waals surface area contributed by atoms with E-state index in [1.165, 1.54) is 13.8 Å². The van der Waals surface area contributed by atoms with Gasteiger partial charge in [0.1, 0.15) is 0 Å². The molecule has 0 saturated carbocycles. The van der Waals surface area contributed by atoms with Crippen molar-refractivity contribution in [2.75, 3.05) is 18.1 Å². The van der Waals surface area contributed by atoms with E-state index in [9.17, 15) is 49.1 Å². The number of halogens is 10. The van der Waals surface area contributed by atoms with Crippen LogP contribution in [-0.2, 0) is 39.3 Å². The molecule has 7 nitrogen and oxygen atoms in total. The number of carbonyl (C=O) groups is 1. The molecule has 0 bridgehead atoms. The highest BCUT2D eigenvalue weighted by atomic mass is 79.9. The van der Waals surface area contributed by atoms with Gasteiger partial charge in [0.2, 0.25) is 12.2 Å². The van der Waals surface area contributed by atoms with Crippen molar-refractivity contribution >= 4 is 33.5 Å². The number of rotatable bonds is 10. The summed E-state index contributed by atoms with van der Waals surface area (Å²) >= 11 is 2.60. The summed E-state index contributed by atoms with van der Waals surface area (Å²) in [5.74, 6) is -2.47. The van der Waals surface area contributed by atoms with E-state index in [2.05, 4.69) is 20.9 Å². The number of benzene rings is 1. The molecule has 0 fully saturated rings. The zero-order valence-electron chi connectivity index (χ0n) is 21.1. The number of carbonyl (C=O) groups excluding carboxylic acids is 1. The van der Waals surface area contributed by atoms with Gasteiger partial charge in [-0.3, -0.25) is 14.3 Å². The molecule has 1 unspecified atom stereocenters. The molecule has 0 aliphatic carbocycles. The second-order valence-corrected chi connectivity index (χ2v) is 8.86. The Labute approximate surface area is 230 Å². The number of aromatic nitrogens is 2. The Balaban J connectivity index is 3.18. The third-order valence-corrected chi connectivity index (χ3v) is 6.06. The molecular weight excluding hydrogens is 633 g/mol. The first-order chi connectivity index (χ1) is 18.4. The van der Waals surface area contributed by atoms with Crippen LogP contribution < -0.4 is 10.5 Å². The predicted molar refractivity (Wildman–Crippen MR) is 127 cm³/mol. The van der Waals surface area contributed by atoms with Crippen molar-refractivity contribution in [2.24, 2.45) is 0 Å². The molecule has 1 aromatic carbocycles. The first-order valence-corrected chi connectivity index (χ1v) is 12.4. The number of hydrogen-bond donors (Lipinski definition) is 0. The van der Waals surface area contributed by atoms with Crippen LogP contribution in [0.3, 0.4) is 0 Å². The Kier molecular flexibility index (Phi) is 10.7. The number of hydrogen-bond acceptors (Lipinski definition) is 6. The summed E-state index contributed by atoms with van der Waals surface area (Å²) in [5.41, 5.74) is -7.95. The van der Waals surface area contributed by atoms with Gasteiger partial charge in [0.25, 0.3) is 5.56 Å². The third kappa shape index (κ3) is 7.67. The number of alkyl halides is 9. The van der Waals surface area contributed by atoms with Crippen molar-refractivity contribution in [2.45, 2.75) is 64.9 Å². The van der Waals surface area contributed by atoms with Crippen LogP contribution in [0.15, 0.2) is 27.5 Å². The lowest BCUT2D eigenvalue weighted by Crippen LogP contribution is -2.45. The molecule has 17 heteroatoms. The topological polar surface area (TPSA) is 73.7 Å².